The van der Waals surface area contributed by atoms with Gasteiger partial charge in [-0.1, -0.05) is 6.07 Å². The molecule has 0 radical (unpaired) electrons. The average Bonchev–Trinajstić information content (AvgIpc) is 2.93. The molecule has 0 bridgehead atoms. The number of halogens is 2. The Kier molecular flexibility index (Phi) is 5.27. The van der Waals surface area contributed by atoms with E-state index in [9.17, 15) is 18.7 Å². The van der Waals surface area contributed by atoms with Crippen molar-refractivity contribution in [2.75, 3.05) is 13.2 Å². The van der Waals surface area contributed by atoms with E-state index in [-0.39, 0.29) is 25.0 Å². The van der Waals surface area contributed by atoms with Crippen LogP contribution >= 0.6 is 0 Å². The van der Waals surface area contributed by atoms with Gasteiger partial charge in [0.15, 0.2) is 11.6 Å². The Balaban J connectivity index is 1.93. The molecular formula is C16H17F2NO3. The molecule has 1 heterocycles. The summed E-state index contributed by atoms with van der Waals surface area (Å²) in [5.41, 5.74) is 0.996. The van der Waals surface area contributed by atoms with Crippen LogP contribution in [0.2, 0.25) is 0 Å². The van der Waals surface area contributed by atoms with Crippen molar-refractivity contribution in [3.8, 4) is 0 Å². The summed E-state index contributed by atoms with van der Waals surface area (Å²) >= 11 is 0. The number of aliphatic hydroxyl groups is 1. The third-order valence-electron chi connectivity index (χ3n) is 3.42. The Hall–Kier alpha value is -2.21. The van der Waals surface area contributed by atoms with Gasteiger partial charge in [0.05, 0.1) is 11.8 Å². The van der Waals surface area contributed by atoms with E-state index in [1.807, 2.05) is 0 Å². The quantitative estimate of drug-likeness (QED) is 0.861. The Labute approximate surface area is 126 Å². The highest BCUT2D eigenvalue weighted by Gasteiger charge is 2.15. The molecule has 118 valence electrons. The summed E-state index contributed by atoms with van der Waals surface area (Å²) in [6.45, 7) is 1.72. The summed E-state index contributed by atoms with van der Waals surface area (Å²) in [4.78, 5) is 11.9. The lowest BCUT2D eigenvalue weighted by atomic mass is 9.99. The lowest BCUT2D eigenvalue weighted by Gasteiger charge is -2.15. The number of hydrogen-bond donors (Lipinski definition) is 2. The number of carbonyl (C=O) groups excluding carboxylic acids is 1. The van der Waals surface area contributed by atoms with Crippen LogP contribution in [0.1, 0.15) is 21.7 Å². The lowest BCUT2D eigenvalue weighted by Crippen LogP contribution is -2.32. The zero-order valence-electron chi connectivity index (χ0n) is 12.1. The van der Waals surface area contributed by atoms with Gasteiger partial charge in [0.25, 0.3) is 5.91 Å². The van der Waals surface area contributed by atoms with Crippen molar-refractivity contribution in [1.82, 2.24) is 5.32 Å². The molecule has 1 amide bonds. The maximum atomic E-state index is 13.2. The van der Waals surface area contributed by atoms with Crippen LogP contribution in [-0.2, 0) is 6.42 Å². The summed E-state index contributed by atoms with van der Waals surface area (Å²) in [6.07, 6.45) is 1.76. The second kappa shape index (κ2) is 7.17. The lowest BCUT2D eigenvalue weighted by molar-refractivity contribution is 0.0938. The first kappa shape index (κ1) is 16.2. The van der Waals surface area contributed by atoms with E-state index in [1.54, 1.807) is 13.0 Å². The molecule has 4 nitrogen and oxygen atoms in total. The average molecular weight is 309 g/mol. The highest BCUT2D eigenvalue weighted by Crippen LogP contribution is 2.13. The smallest absolute Gasteiger partial charge is 0.254 e. The van der Waals surface area contributed by atoms with Crippen molar-refractivity contribution in [3.63, 3.8) is 0 Å². The molecule has 0 fully saturated rings. The SMILES string of the molecule is Cc1occc1C(=O)NCC(CO)Cc1ccc(F)c(F)c1. The molecule has 1 aromatic carbocycles. The summed E-state index contributed by atoms with van der Waals surface area (Å²) in [6, 6.07) is 5.17. The Morgan fingerprint density at radius 2 is 2.09 bits per heavy atom. The molecular weight excluding hydrogens is 292 g/mol. The van der Waals surface area contributed by atoms with Crippen molar-refractivity contribution in [3.05, 3.63) is 59.1 Å². The number of aliphatic hydroxyl groups excluding tert-OH is 1. The van der Waals surface area contributed by atoms with E-state index in [0.717, 1.165) is 12.1 Å². The van der Waals surface area contributed by atoms with E-state index in [0.29, 0.717) is 23.3 Å². The zero-order valence-corrected chi connectivity index (χ0v) is 12.1. The minimum absolute atomic E-state index is 0.177. The third kappa shape index (κ3) is 3.92. The van der Waals surface area contributed by atoms with Crippen LogP contribution in [0.15, 0.2) is 34.9 Å². The fraction of sp³-hybridized carbons (Fsp3) is 0.312. The predicted molar refractivity (Wildman–Crippen MR) is 76.4 cm³/mol. The van der Waals surface area contributed by atoms with Gasteiger partial charge in [0.1, 0.15) is 5.76 Å². The van der Waals surface area contributed by atoms with Gasteiger partial charge in [-0.05, 0) is 37.1 Å². The van der Waals surface area contributed by atoms with Crippen LogP contribution in [0.5, 0.6) is 0 Å². The number of nitrogens with one attached hydrogen (secondary N) is 1. The normalized spacial score (nSPS) is 12.2. The van der Waals surface area contributed by atoms with E-state index >= 15 is 0 Å². The van der Waals surface area contributed by atoms with E-state index in [4.69, 9.17) is 4.42 Å². The van der Waals surface area contributed by atoms with Gasteiger partial charge >= 0.3 is 0 Å². The first-order valence-corrected chi connectivity index (χ1v) is 6.88. The van der Waals surface area contributed by atoms with Gasteiger partial charge in [-0.15, -0.1) is 0 Å². The van der Waals surface area contributed by atoms with Crippen LogP contribution in [0.3, 0.4) is 0 Å². The highest BCUT2D eigenvalue weighted by atomic mass is 19.2. The summed E-state index contributed by atoms with van der Waals surface area (Å²) in [5.74, 6) is -1.91. The minimum Gasteiger partial charge on any atom is -0.469 e. The molecule has 2 aromatic rings. The number of rotatable bonds is 6. The van der Waals surface area contributed by atoms with Crippen LogP contribution in [0, 0.1) is 24.5 Å². The standard InChI is InChI=1S/C16H17F2NO3/c1-10-13(4-5-22-10)16(21)19-8-12(9-20)6-11-2-3-14(17)15(18)7-11/h2-5,7,12,20H,6,8-9H2,1H3,(H,19,21). The number of carbonyl (C=O) groups is 1. The van der Waals surface area contributed by atoms with Crippen molar-refractivity contribution in [2.45, 2.75) is 13.3 Å². The zero-order chi connectivity index (χ0) is 16.1. The summed E-state index contributed by atoms with van der Waals surface area (Å²) < 4.78 is 31.1. The van der Waals surface area contributed by atoms with Crippen LogP contribution < -0.4 is 5.32 Å². The Morgan fingerprint density at radius 3 is 2.68 bits per heavy atom. The van der Waals surface area contributed by atoms with Gasteiger partial charge in [0.2, 0.25) is 0 Å². The molecule has 0 aliphatic heterocycles. The second-order valence-electron chi connectivity index (χ2n) is 5.10. The molecule has 0 saturated carbocycles. The number of benzene rings is 1. The molecule has 2 rings (SSSR count). The number of aryl methyl sites for hydroxylation is 1. The predicted octanol–water partition coefficient (Wildman–Crippen LogP) is 2.45. The fourth-order valence-electron chi connectivity index (χ4n) is 2.15. The van der Waals surface area contributed by atoms with Crippen LogP contribution in [0.25, 0.3) is 0 Å². The molecule has 1 unspecified atom stereocenters. The summed E-state index contributed by atoms with van der Waals surface area (Å²) in [5, 5.41) is 12.1. The van der Waals surface area contributed by atoms with Crippen LogP contribution in [0.4, 0.5) is 8.78 Å². The molecule has 1 atom stereocenters. The Bertz CT molecular complexity index is 655. The highest BCUT2D eigenvalue weighted by molar-refractivity contribution is 5.95. The number of furan rings is 1. The van der Waals surface area contributed by atoms with E-state index in [2.05, 4.69) is 5.32 Å². The molecule has 1 aromatic heterocycles. The molecule has 2 N–H and O–H groups in total. The fourth-order valence-corrected chi connectivity index (χ4v) is 2.15. The topological polar surface area (TPSA) is 62.5 Å². The first-order valence-electron chi connectivity index (χ1n) is 6.88. The largest absolute Gasteiger partial charge is 0.469 e. The van der Waals surface area contributed by atoms with Gasteiger partial charge in [-0.25, -0.2) is 8.78 Å². The molecule has 22 heavy (non-hydrogen) atoms. The Morgan fingerprint density at radius 1 is 1.32 bits per heavy atom. The number of amides is 1. The molecule has 0 aliphatic carbocycles. The maximum Gasteiger partial charge on any atom is 0.254 e. The summed E-state index contributed by atoms with van der Waals surface area (Å²) in [7, 11) is 0. The minimum atomic E-state index is -0.924. The molecule has 0 spiro atoms. The van der Waals surface area contributed by atoms with Crippen LogP contribution in [-0.4, -0.2) is 24.2 Å². The monoisotopic (exact) mass is 309 g/mol. The van der Waals surface area contributed by atoms with Gasteiger partial charge in [-0.3, -0.25) is 4.79 Å². The second-order valence-corrected chi connectivity index (χ2v) is 5.10. The van der Waals surface area contributed by atoms with Gasteiger partial charge in [-0.2, -0.15) is 0 Å². The van der Waals surface area contributed by atoms with Gasteiger partial charge < -0.3 is 14.8 Å². The van der Waals surface area contributed by atoms with Crippen molar-refractivity contribution >= 4 is 5.91 Å². The van der Waals surface area contributed by atoms with Crippen molar-refractivity contribution < 1.29 is 23.1 Å². The van der Waals surface area contributed by atoms with Crippen molar-refractivity contribution in [2.24, 2.45) is 5.92 Å². The van der Waals surface area contributed by atoms with E-state index < -0.39 is 11.6 Å². The van der Waals surface area contributed by atoms with Gasteiger partial charge in [0, 0.05) is 19.1 Å². The molecule has 0 aliphatic rings. The third-order valence-corrected chi connectivity index (χ3v) is 3.42. The van der Waals surface area contributed by atoms with Crippen molar-refractivity contribution in [1.29, 1.82) is 0 Å². The van der Waals surface area contributed by atoms with E-state index in [1.165, 1.54) is 12.3 Å². The maximum absolute atomic E-state index is 13.2. The number of hydrogen-bond acceptors (Lipinski definition) is 3. The molecule has 0 saturated heterocycles. The molecule has 6 heteroatoms. The first-order chi connectivity index (χ1) is 10.5.